The number of fused-ring (bicyclic) bond motifs is 1. The Morgan fingerprint density at radius 2 is 2.00 bits per heavy atom. The quantitative estimate of drug-likeness (QED) is 0.275. The highest BCUT2D eigenvalue weighted by Crippen LogP contribution is 2.45. The average molecular weight is 517 g/mol. The molecule has 37 heavy (non-hydrogen) atoms. The number of anilines is 2. The van der Waals surface area contributed by atoms with Crippen molar-refractivity contribution in [3.05, 3.63) is 87.7 Å². The molecule has 6 nitrogen and oxygen atoms in total. The number of aryl methyl sites for hydroxylation is 2. The molecule has 1 aromatic carbocycles. The normalized spacial score (nSPS) is 17.6. The molecule has 2 unspecified atom stereocenters. The van der Waals surface area contributed by atoms with E-state index in [9.17, 15) is 9.18 Å². The number of hydrogen-bond acceptors (Lipinski definition) is 7. The molecule has 4 aromatic rings. The number of methoxy groups -OCH3 is 1. The number of ether oxygens (including phenoxy) is 1. The molecule has 1 aliphatic carbocycles. The van der Waals surface area contributed by atoms with Crippen LogP contribution in [0.2, 0.25) is 0 Å². The number of nitrogens with zero attached hydrogens (tertiary/aromatic N) is 3. The van der Waals surface area contributed by atoms with Crippen molar-refractivity contribution >= 4 is 28.9 Å². The zero-order valence-electron chi connectivity index (χ0n) is 21.3. The van der Waals surface area contributed by atoms with Crippen LogP contribution in [0.15, 0.2) is 54.9 Å². The summed E-state index contributed by atoms with van der Waals surface area (Å²) in [6.45, 7) is 5.75. The van der Waals surface area contributed by atoms with Crippen LogP contribution in [-0.4, -0.2) is 28.0 Å². The van der Waals surface area contributed by atoms with E-state index < -0.39 is 6.17 Å². The number of aromatic nitrogens is 3. The number of carbonyl (C=O) groups excluding carboxylic acids is 1. The van der Waals surface area contributed by atoms with E-state index >= 15 is 0 Å². The third kappa shape index (κ3) is 4.98. The van der Waals surface area contributed by atoms with E-state index in [1.54, 1.807) is 29.7 Å². The number of thiazole rings is 1. The Labute approximate surface area is 220 Å². The van der Waals surface area contributed by atoms with Gasteiger partial charge in [-0.05, 0) is 98.7 Å². The van der Waals surface area contributed by atoms with Gasteiger partial charge < -0.3 is 10.1 Å². The Kier molecular flexibility index (Phi) is 6.77. The van der Waals surface area contributed by atoms with E-state index in [1.807, 2.05) is 43.5 Å². The minimum absolute atomic E-state index is 0.247. The van der Waals surface area contributed by atoms with Gasteiger partial charge in [0.2, 0.25) is 0 Å². The van der Waals surface area contributed by atoms with Gasteiger partial charge in [0.25, 0.3) is 0 Å². The van der Waals surface area contributed by atoms with Crippen LogP contribution < -0.4 is 5.32 Å². The van der Waals surface area contributed by atoms with E-state index in [1.165, 1.54) is 25.2 Å². The molecular formula is C29H29FN4O2S. The molecule has 0 radical (unpaired) electrons. The van der Waals surface area contributed by atoms with Crippen molar-refractivity contribution in [2.75, 3.05) is 12.4 Å². The van der Waals surface area contributed by atoms with Gasteiger partial charge in [-0.2, -0.15) is 0 Å². The van der Waals surface area contributed by atoms with Crippen molar-refractivity contribution in [1.82, 2.24) is 15.0 Å². The van der Waals surface area contributed by atoms with E-state index in [2.05, 4.69) is 17.2 Å². The summed E-state index contributed by atoms with van der Waals surface area (Å²) in [7, 11) is 1.40. The number of nitrogens with one attached hydrogen (secondary N) is 1. The lowest BCUT2D eigenvalue weighted by Crippen LogP contribution is -2.29. The Balaban J connectivity index is 1.45. The van der Waals surface area contributed by atoms with E-state index in [-0.39, 0.29) is 11.4 Å². The minimum atomic E-state index is -1.07. The molecule has 5 rings (SSSR count). The highest BCUT2D eigenvalue weighted by Gasteiger charge is 2.37. The predicted molar refractivity (Wildman–Crippen MR) is 144 cm³/mol. The standard InChI is InChI=1S/C29H29FN4O2S/c1-17-12-23(33-26(13-17)34-25-15-19(18(2)30)9-11-31-25)24-16-32-28(37-24)29(3)10-5-6-20-14-21(27(35)36-4)7-8-22(20)29/h7-9,11-16,18H,5-6,10H2,1-4H3,(H,31,33,34). The molecule has 0 aliphatic heterocycles. The molecule has 1 N–H and O–H groups in total. The highest BCUT2D eigenvalue weighted by molar-refractivity contribution is 7.15. The van der Waals surface area contributed by atoms with Gasteiger partial charge in [0.15, 0.2) is 0 Å². The molecule has 1 aliphatic rings. The number of pyridine rings is 2. The van der Waals surface area contributed by atoms with Gasteiger partial charge in [-0.15, -0.1) is 11.3 Å². The first-order valence-electron chi connectivity index (χ1n) is 12.3. The van der Waals surface area contributed by atoms with E-state index in [0.717, 1.165) is 40.4 Å². The van der Waals surface area contributed by atoms with Gasteiger partial charge >= 0.3 is 5.97 Å². The summed E-state index contributed by atoms with van der Waals surface area (Å²) in [6.07, 6.45) is 5.34. The average Bonchev–Trinajstić information content (AvgIpc) is 3.39. The molecule has 0 spiro atoms. The topological polar surface area (TPSA) is 77.0 Å². The van der Waals surface area contributed by atoms with Gasteiger partial charge in [-0.25, -0.2) is 24.1 Å². The first-order valence-corrected chi connectivity index (χ1v) is 13.1. The zero-order valence-corrected chi connectivity index (χ0v) is 22.2. The molecule has 190 valence electrons. The molecule has 0 bridgehead atoms. The SMILES string of the molecule is COC(=O)c1ccc2c(c1)CCCC2(C)c1ncc(-c2cc(C)cc(Nc3cc(C(C)F)ccn3)n2)s1. The van der Waals surface area contributed by atoms with Crippen LogP contribution >= 0.6 is 11.3 Å². The molecule has 0 saturated carbocycles. The lowest BCUT2D eigenvalue weighted by Gasteiger charge is -2.34. The number of benzene rings is 1. The lowest BCUT2D eigenvalue weighted by molar-refractivity contribution is 0.0600. The second-order valence-electron chi connectivity index (χ2n) is 9.71. The molecule has 3 aromatic heterocycles. The second kappa shape index (κ2) is 10.0. The highest BCUT2D eigenvalue weighted by atomic mass is 32.1. The van der Waals surface area contributed by atoms with Crippen LogP contribution in [0.4, 0.5) is 16.0 Å². The van der Waals surface area contributed by atoms with Crippen molar-refractivity contribution in [3.63, 3.8) is 0 Å². The van der Waals surface area contributed by atoms with Gasteiger partial charge in [-0.1, -0.05) is 6.07 Å². The van der Waals surface area contributed by atoms with Crippen LogP contribution in [0.5, 0.6) is 0 Å². The number of hydrogen-bond donors (Lipinski definition) is 1. The second-order valence-corrected chi connectivity index (χ2v) is 10.7. The van der Waals surface area contributed by atoms with Crippen molar-refractivity contribution in [2.24, 2.45) is 0 Å². The smallest absolute Gasteiger partial charge is 0.337 e. The van der Waals surface area contributed by atoms with Crippen LogP contribution in [-0.2, 0) is 16.6 Å². The third-order valence-electron chi connectivity index (χ3n) is 6.94. The van der Waals surface area contributed by atoms with Crippen molar-refractivity contribution in [2.45, 2.75) is 51.6 Å². The summed E-state index contributed by atoms with van der Waals surface area (Å²) in [4.78, 5) is 27.0. The first kappa shape index (κ1) is 25.0. The van der Waals surface area contributed by atoms with Crippen LogP contribution in [0, 0.1) is 6.92 Å². The van der Waals surface area contributed by atoms with Crippen molar-refractivity contribution in [3.8, 4) is 10.6 Å². The summed E-state index contributed by atoms with van der Waals surface area (Å²) in [5, 5.41) is 4.24. The molecule has 0 saturated heterocycles. The van der Waals surface area contributed by atoms with Crippen LogP contribution in [0.3, 0.4) is 0 Å². The fraction of sp³-hybridized carbons (Fsp3) is 0.310. The van der Waals surface area contributed by atoms with Gasteiger partial charge in [0.05, 0.1) is 23.2 Å². The molecule has 2 atom stereocenters. The zero-order chi connectivity index (χ0) is 26.2. The predicted octanol–water partition coefficient (Wildman–Crippen LogP) is 7.11. The van der Waals surface area contributed by atoms with Crippen molar-refractivity contribution in [1.29, 1.82) is 0 Å². The lowest BCUT2D eigenvalue weighted by atomic mass is 9.71. The monoisotopic (exact) mass is 516 g/mol. The van der Waals surface area contributed by atoms with Crippen LogP contribution in [0.25, 0.3) is 10.6 Å². The van der Waals surface area contributed by atoms with Crippen molar-refractivity contribution < 1.29 is 13.9 Å². The Morgan fingerprint density at radius 1 is 1.16 bits per heavy atom. The van der Waals surface area contributed by atoms with Gasteiger partial charge in [0.1, 0.15) is 22.8 Å². The summed E-state index contributed by atoms with van der Waals surface area (Å²) >= 11 is 1.64. The largest absolute Gasteiger partial charge is 0.465 e. The number of carbonyl (C=O) groups is 1. The first-order chi connectivity index (χ1) is 17.8. The molecule has 0 amide bonds. The molecule has 8 heteroatoms. The fourth-order valence-corrected chi connectivity index (χ4v) is 6.04. The van der Waals surface area contributed by atoms with E-state index in [4.69, 9.17) is 14.7 Å². The van der Waals surface area contributed by atoms with Gasteiger partial charge in [-0.3, -0.25) is 0 Å². The summed E-state index contributed by atoms with van der Waals surface area (Å²) < 4.78 is 18.7. The summed E-state index contributed by atoms with van der Waals surface area (Å²) in [5.41, 5.74) is 5.14. The van der Waals surface area contributed by atoms with Gasteiger partial charge in [0, 0.05) is 17.8 Å². The third-order valence-corrected chi connectivity index (χ3v) is 8.23. The maximum absolute atomic E-state index is 13.8. The Hall–Kier alpha value is -3.65. The van der Waals surface area contributed by atoms with Crippen LogP contribution in [0.1, 0.15) is 70.5 Å². The Morgan fingerprint density at radius 3 is 2.78 bits per heavy atom. The summed E-state index contributed by atoms with van der Waals surface area (Å²) in [5.74, 6) is 0.877. The maximum Gasteiger partial charge on any atom is 0.337 e. The van der Waals surface area contributed by atoms with E-state index in [0.29, 0.717) is 22.8 Å². The number of esters is 1. The molecule has 0 fully saturated rings. The Bertz CT molecular complexity index is 1470. The fourth-order valence-electron chi connectivity index (χ4n) is 4.97. The number of halogens is 1. The summed E-state index contributed by atoms with van der Waals surface area (Å²) in [6, 6.07) is 13.2. The molecule has 3 heterocycles. The number of alkyl halides is 1. The number of rotatable bonds is 6. The molecular weight excluding hydrogens is 487 g/mol. The maximum atomic E-state index is 13.8. The minimum Gasteiger partial charge on any atom is -0.465 e.